The van der Waals surface area contributed by atoms with Gasteiger partial charge >= 0.3 is 0 Å². The number of aryl methyl sites for hydroxylation is 1. The van der Waals surface area contributed by atoms with Crippen molar-refractivity contribution in [1.29, 1.82) is 0 Å². The molecule has 1 fully saturated rings. The molecule has 186 valence electrons. The highest BCUT2D eigenvalue weighted by Gasteiger charge is 2.28. The van der Waals surface area contributed by atoms with Gasteiger partial charge in [0.1, 0.15) is 11.5 Å². The highest BCUT2D eigenvalue weighted by molar-refractivity contribution is 5.44. The molecule has 1 atom stereocenters. The zero-order valence-corrected chi connectivity index (χ0v) is 20.9. The molecule has 0 saturated heterocycles. The second kappa shape index (κ2) is 12.0. The molecular formula is C29H37N3O3. The number of hydrogen-bond donors (Lipinski definition) is 1. The minimum atomic E-state index is -0.385. The largest absolute Gasteiger partial charge is 0.497 e. The van der Waals surface area contributed by atoms with E-state index in [-0.39, 0.29) is 6.10 Å². The third-order valence-corrected chi connectivity index (χ3v) is 6.38. The fourth-order valence-electron chi connectivity index (χ4n) is 4.34. The molecule has 6 nitrogen and oxygen atoms in total. The molecule has 0 spiro atoms. The molecule has 0 unspecified atom stereocenters. The van der Waals surface area contributed by atoms with Gasteiger partial charge < -0.3 is 14.6 Å². The summed E-state index contributed by atoms with van der Waals surface area (Å²) in [6, 6.07) is 17.7. The summed E-state index contributed by atoms with van der Waals surface area (Å²) in [5, 5.41) is 15.7. The summed E-state index contributed by atoms with van der Waals surface area (Å²) in [5.41, 5.74) is 3.02. The Bertz CT molecular complexity index is 1090. The van der Waals surface area contributed by atoms with E-state index < -0.39 is 0 Å². The molecule has 1 N–H and O–H groups in total. The van der Waals surface area contributed by atoms with Crippen LogP contribution in [0, 0.1) is 5.92 Å². The van der Waals surface area contributed by atoms with Crippen molar-refractivity contribution in [1.82, 2.24) is 14.7 Å². The van der Waals surface area contributed by atoms with Crippen molar-refractivity contribution in [3.05, 3.63) is 78.5 Å². The van der Waals surface area contributed by atoms with Gasteiger partial charge in [0, 0.05) is 25.7 Å². The maximum atomic E-state index is 10.7. The van der Waals surface area contributed by atoms with Crippen LogP contribution in [0.3, 0.4) is 0 Å². The number of aromatic nitrogens is 2. The van der Waals surface area contributed by atoms with Gasteiger partial charge in [0.2, 0.25) is 5.88 Å². The summed E-state index contributed by atoms with van der Waals surface area (Å²) in [6.07, 6.45) is 6.33. The summed E-state index contributed by atoms with van der Waals surface area (Å²) >= 11 is 0. The molecule has 0 amide bonds. The first-order valence-electron chi connectivity index (χ1n) is 12.6. The number of benzene rings is 2. The molecule has 1 aromatic heterocycles. The zero-order chi connectivity index (χ0) is 24.6. The highest BCUT2D eigenvalue weighted by Crippen LogP contribution is 2.35. The second-order valence-corrected chi connectivity index (χ2v) is 9.27. The molecule has 0 bridgehead atoms. The SMILES string of the molecule is C=CCC[C@H](O)CN(Cc1c(CC)nn(-c2ccccc2)c1Oc1cccc(OC)c1)CC1CC1. The van der Waals surface area contributed by atoms with Crippen molar-refractivity contribution < 1.29 is 14.6 Å². The standard InChI is InChI=1S/C29H37N3O3/c1-4-6-13-24(33)20-31(19-22-16-17-22)21-27-28(5-2)30-32(23-11-8-7-9-12-23)29(27)35-26-15-10-14-25(18-26)34-3/h4,7-12,14-15,18,22,24,33H,1,5-6,13,16-17,19-21H2,2-3H3/t24-/m0/s1. The van der Waals surface area contributed by atoms with Gasteiger partial charge in [-0.25, -0.2) is 4.68 Å². The smallest absolute Gasteiger partial charge is 0.227 e. The molecule has 1 aliphatic carbocycles. The van der Waals surface area contributed by atoms with E-state index in [2.05, 4.69) is 18.4 Å². The molecule has 1 saturated carbocycles. The topological polar surface area (TPSA) is 59.8 Å². The van der Waals surface area contributed by atoms with Crippen molar-refractivity contribution in [2.75, 3.05) is 20.2 Å². The Kier molecular flexibility index (Phi) is 8.61. The normalized spacial score (nSPS) is 14.2. The fourth-order valence-corrected chi connectivity index (χ4v) is 4.34. The average molecular weight is 476 g/mol. The van der Waals surface area contributed by atoms with E-state index in [9.17, 15) is 5.11 Å². The van der Waals surface area contributed by atoms with Gasteiger partial charge in [0.15, 0.2) is 0 Å². The van der Waals surface area contributed by atoms with Gasteiger partial charge in [-0.2, -0.15) is 5.10 Å². The monoisotopic (exact) mass is 475 g/mol. The lowest BCUT2D eigenvalue weighted by Gasteiger charge is -2.25. The maximum Gasteiger partial charge on any atom is 0.227 e. The Hall–Kier alpha value is -3.09. The van der Waals surface area contributed by atoms with Gasteiger partial charge in [-0.05, 0) is 62.3 Å². The van der Waals surface area contributed by atoms with Crippen LogP contribution in [0.25, 0.3) is 5.69 Å². The molecular weight excluding hydrogens is 438 g/mol. The van der Waals surface area contributed by atoms with Crippen LogP contribution in [0.2, 0.25) is 0 Å². The number of hydrogen-bond acceptors (Lipinski definition) is 5. The third kappa shape index (κ3) is 6.74. The summed E-state index contributed by atoms with van der Waals surface area (Å²) in [7, 11) is 1.65. The van der Waals surface area contributed by atoms with Crippen molar-refractivity contribution in [2.45, 2.75) is 51.7 Å². The second-order valence-electron chi connectivity index (χ2n) is 9.27. The van der Waals surface area contributed by atoms with Crippen LogP contribution < -0.4 is 9.47 Å². The van der Waals surface area contributed by atoms with E-state index in [1.165, 1.54) is 12.8 Å². The Morgan fingerprint density at radius 3 is 2.63 bits per heavy atom. The van der Waals surface area contributed by atoms with Crippen LogP contribution in [0.4, 0.5) is 0 Å². The molecule has 0 aliphatic heterocycles. The molecule has 2 aromatic carbocycles. The minimum absolute atomic E-state index is 0.385. The van der Waals surface area contributed by atoms with E-state index >= 15 is 0 Å². The van der Waals surface area contributed by atoms with Crippen molar-refractivity contribution in [2.24, 2.45) is 5.92 Å². The van der Waals surface area contributed by atoms with Crippen molar-refractivity contribution >= 4 is 0 Å². The number of allylic oxidation sites excluding steroid dienone is 1. The van der Waals surface area contributed by atoms with E-state index in [4.69, 9.17) is 14.6 Å². The number of para-hydroxylation sites is 1. The average Bonchev–Trinajstić information content (AvgIpc) is 3.64. The molecule has 6 heteroatoms. The third-order valence-electron chi connectivity index (χ3n) is 6.38. The van der Waals surface area contributed by atoms with E-state index in [0.717, 1.165) is 48.5 Å². The Balaban J connectivity index is 1.70. The van der Waals surface area contributed by atoms with Crippen LogP contribution in [0.1, 0.15) is 43.9 Å². The number of ether oxygens (including phenoxy) is 2. The lowest BCUT2D eigenvalue weighted by atomic mass is 10.1. The van der Waals surface area contributed by atoms with Crippen LogP contribution in [-0.2, 0) is 13.0 Å². The molecule has 0 radical (unpaired) electrons. The number of aliphatic hydroxyl groups is 1. The van der Waals surface area contributed by atoms with Gasteiger partial charge in [-0.3, -0.25) is 4.90 Å². The molecule has 3 aromatic rings. The molecule has 35 heavy (non-hydrogen) atoms. The first-order chi connectivity index (χ1) is 17.1. The number of rotatable bonds is 14. The summed E-state index contributed by atoms with van der Waals surface area (Å²) < 4.78 is 13.8. The lowest BCUT2D eigenvalue weighted by Crippen LogP contribution is -2.34. The quantitative estimate of drug-likeness (QED) is 0.300. The summed E-state index contributed by atoms with van der Waals surface area (Å²) in [5.74, 6) is 2.86. The van der Waals surface area contributed by atoms with E-state index in [1.54, 1.807) is 7.11 Å². The van der Waals surface area contributed by atoms with Crippen LogP contribution in [0.5, 0.6) is 17.4 Å². The van der Waals surface area contributed by atoms with Gasteiger partial charge in [-0.15, -0.1) is 6.58 Å². The molecule has 1 aliphatic rings. The van der Waals surface area contributed by atoms with Gasteiger partial charge in [-0.1, -0.05) is 37.3 Å². The van der Waals surface area contributed by atoms with E-state index in [0.29, 0.717) is 30.6 Å². The number of aliphatic hydroxyl groups excluding tert-OH is 1. The predicted molar refractivity (Wildman–Crippen MR) is 139 cm³/mol. The molecule has 4 rings (SSSR count). The minimum Gasteiger partial charge on any atom is -0.497 e. The Morgan fingerprint density at radius 2 is 1.94 bits per heavy atom. The summed E-state index contributed by atoms with van der Waals surface area (Å²) in [6.45, 7) is 8.20. The predicted octanol–water partition coefficient (Wildman–Crippen LogP) is 5.77. The molecule has 1 heterocycles. The Morgan fingerprint density at radius 1 is 1.17 bits per heavy atom. The Labute approximate surface area is 208 Å². The van der Waals surface area contributed by atoms with Crippen LogP contribution in [-0.4, -0.2) is 46.1 Å². The maximum absolute atomic E-state index is 10.7. The van der Waals surface area contributed by atoms with Crippen molar-refractivity contribution in [3.63, 3.8) is 0 Å². The van der Waals surface area contributed by atoms with Crippen LogP contribution in [0.15, 0.2) is 67.3 Å². The first-order valence-corrected chi connectivity index (χ1v) is 12.6. The summed E-state index contributed by atoms with van der Waals surface area (Å²) in [4.78, 5) is 2.37. The highest BCUT2D eigenvalue weighted by atomic mass is 16.5. The van der Waals surface area contributed by atoms with Gasteiger partial charge in [0.25, 0.3) is 0 Å². The first kappa shape index (κ1) is 25.0. The van der Waals surface area contributed by atoms with Crippen molar-refractivity contribution in [3.8, 4) is 23.1 Å². The van der Waals surface area contributed by atoms with E-state index in [1.807, 2.05) is 65.4 Å². The lowest BCUT2D eigenvalue weighted by molar-refractivity contribution is 0.0990. The van der Waals surface area contributed by atoms with Crippen LogP contribution >= 0.6 is 0 Å². The fraction of sp³-hybridized carbons (Fsp3) is 0.414. The number of nitrogens with zero attached hydrogens (tertiary/aromatic N) is 3. The number of methoxy groups -OCH3 is 1. The zero-order valence-electron chi connectivity index (χ0n) is 20.9. The van der Waals surface area contributed by atoms with Gasteiger partial charge in [0.05, 0.1) is 30.2 Å².